The molecule has 1 saturated heterocycles. The van der Waals surface area contributed by atoms with Gasteiger partial charge in [-0.15, -0.1) is 0 Å². The molecule has 1 aliphatic heterocycles. The summed E-state index contributed by atoms with van der Waals surface area (Å²) >= 11 is 6.31. The average molecular weight is 389 g/mol. The van der Waals surface area contributed by atoms with E-state index in [0.29, 0.717) is 29.3 Å². The molecular weight excluding hydrogens is 372 g/mol. The van der Waals surface area contributed by atoms with E-state index in [2.05, 4.69) is 9.97 Å². The van der Waals surface area contributed by atoms with Crippen molar-refractivity contribution in [2.24, 2.45) is 0 Å². The van der Waals surface area contributed by atoms with Gasteiger partial charge in [-0.05, 0) is 30.7 Å². The van der Waals surface area contributed by atoms with Gasteiger partial charge >= 0.3 is 6.09 Å². The Morgan fingerprint density at radius 2 is 2.11 bits per heavy atom. The van der Waals surface area contributed by atoms with Crippen molar-refractivity contribution in [3.05, 3.63) is 57.7 Å². The second-order valence-corrected chi connectivity index (χ2v) is 6.75. The van der Waals surface area contributed by atoms with Crippen molar-refractivity contribution < 1.29 is 14.6 Å². The van der Waals surface area contributed by atoms with Crippen LogP contribution in [0, 0.1) is 0 Å². The summed E-state index contributed by atoms with van der Waals surface area (Å²) < 4.78 is 7.31. The number of rotatable bonds is 2. The minimum atomic E-state index is -0.970. The van der Waals surface area contributed by atoms with Crippen LogP contribution in [0.5, 0.6) is 0 Å². The van der Waals surface area contributed by atoms with Crippen LogP contribution in [0.1, 0.15) is 18.5 Å². The van der Waals surface area contributed by atoms with Crippen molar-refractivity contribution in [3.8, 4) is 5.69 Å². The zero-order valence-corrected chi connectivity index (χ0v) is 15.2. The van der Waals surface area contributed by atoms with Crippen LogP contribution < -0.4 is 5.56 Å². The third kappa shape index (κ3) is 2.96. The van der Waals surface area contributed by atoms with E-state index in [4.69, 9.17) is 16.3 Å². The molecule has 0 saturated carbocycles. The van der Waals surface area contributed by atoms with E-state index in [-0.39, 0.29) is 17.7 Å². The molecule has 1 fully saturated rings. The maximum atomic E-state index is 11.9. The number of carbonyl (C=O) groups is 1. The number of H-pyrrole nitrogens is 1. The van der Waals surface area contributed by atoms with Crippen LogP contribution in [-0.4, -0.2) is 49.9 Å². The average Bonchev–Trinajstić information content (AvgIpc) is 2.99. The van der Waals surface area contributed by atoms with Gasteiger partial charge < -0.3 is 14.8 Å². The first-order valence-corrected chi connectivity index (χ1v) is 8.81. The van der Waals surface area contributed by atoms with Crippen molar-refractivity contribution >= 4 is 28.7 Å². The molecule has 2 N–H and O–H groups in total. The molecule has 8 nitrogen and oxygen atoms in total. The summed E-state index contributed by atoms with van der Waals surface area (Å²) in [4.78, 5) is 31.6. The Bertz CT molecular complexity index is 1060. The summed E-state index contributed by atoms with van der Waals surface area (Å²) in [5, 5.41) is 10.2. The summed E-state index contributed by atoms with van der Waals surface area (Å²) in [5.41, 5.74) is 1.75. The fourth-order valence-electron chi connectivity index (χ4n) is 3.55. The van der Waals surface area contributed by atoms with E-state index in [9.17, 15) is 14.7 Å². The number of amides is 1. The second kappa shape index (κ2) is 6.71. The quantitative estimate of drug-likeness (QED) is 0.703. The van der Waals surface area contributed by atoms with Gasteiger partial charge in [0.05, 0.1) is 30.5 Å². The Labute approximate surface area is 159 Å². The van der Waals surface area contributed by atoms with Crippen LogP contribution in [0.3, 0.4) is 0 Å². The minimum absolute atomic E-state index is 0.253. The number of aromatic nitrogens is 3. The van der Waals surface area contributed by atoms with Gasteiger partial charge in [-0.3, -0.25) is 14.3 Å². The molecule has 1 aliphatic rings. The zero-order chi connectivity index (χ0) is 19.1. The van der Waals surface area contributed by atoms with E-state index < -0.39 is 6.09 Å². The summed E-state index contributed by atoms with van der Waals surface area (Å²) in [6.07, 6.45) is 0.108. The van der Waals surface area contributed by atoms with Crippen LogP contribution in [-0.2, 0) is 4.74 Å². The Balaban J connectivity index is 1.75. The van der Waals surface area contributed by atoms with E-state index in [1.807, 2.05) is 31.2 Å². The number of ether oxygens (including phenoxy) is 1. The zero-order valence-electron chi connectivity index (χ0n) is 14.4. The Morgan fingerprint density at radius 3 is 2.81 bits per heavy atom. The number of nitrogens with one attached hydrogen (secondary N) is 1. The Morgan fingerprint density at radius 1 is 1.37 bits per heavy atom. The van der Waals surface area contributed by atoms with Crippen molar-refractivity contribution in [2.75, 3.05) is 13.2 Å². The van der Waals surface area contributed by atoms with Gasteiger partial charge in [-0.25, -0.2) is 9.78 Å². The summed E-state index contributed by atoms with van der Waals surface area (Å²) in [7, 11) is 0. The monoisotopic (exact) mass is 388 g/mol. The number of aromatic amines is 1. The van der Waals surface area contributed by atoms with Gasteiger partial charge in [0.2, 0.25) is 0 Å². The largest absolute Gasteiger partial charge is 0.465 e. The number of fused-ring (bicyclic) bond motifs is 1. The maximum Gasteiger partial charge on any atom is 0.407 e. The predicted octanol–water partition coefficient (Wildman–Crippen LogP) is 2.81. The first-order chi connectivity index (χ1) is 13.0. The summed E-state index contributed by atoms with van der Waals surface area (Å²) in [5.74, 6) is 0. The van der Waals surface area contributed by atoms with Crippen molar-refractivity contribution in [2.45, 2.75) is 19.1 Å². The van der Waals surface area contributed by atoms with Crippen molar-refractivity contribution in [3.63, 3.8) is 0 Å². The van der Waals surface area contributed by atoms with Crippen molar-refractivity contribution in [1.82, 2.24) is 19.4 Å². The Hall–Kier alpha value is -2.84. The molecule has 2 atom stereocenters. The molecule has 27 heavy (non-hydrogen) atoms. The van der Waals surface area contributed by atoms with Gasteiger partial charge in [-0.2, -0.15) is 0 Å². The van der Waals surface area contributed by atoms with Crippen LogP contribution in [0.25, 0.3) is 16.7 Å². The second-order valence-electron chi connectivity index (χ2n) is 6.36. The van der Waals surface area contributed by atoms with Gasteiger partial charge in [0.25, 0.3) is 5.56 Å². The molecule has 3 heterocycles. The van der Waals surface area contributed by atoms with Crippen LogP contribution in [0.4, 0.5) is 4.79 Å². The highest BCUT2D eigenvalue weighted by atomic mass is 35.5. The molecule has 4 rings (SSSR count). The number of carboxylic acid groups (broad SMARTS) is 1. The molecule has 1 amide bonds. The van der Waals surface area contributed by atoms with Crippen LogP contribution >= 0.6 is 11.6 Å². The number of nitrogens with zero attached hydrogens (tertiary/aromatic N) is 3. The summed E-state index contributed by atoms with van der Waals surface area (Å²) in [6, 6.07) is 8.52. The standard InChI is InChI=1S/C18H17ClN4O4/c1-10-15(22(18(25)26)6-7-27-10)11-2-4-12(5-3-11)23-14(19)8-13-16(23)20-9-21-17(13)24/h2-5,8-10,15H,6-7H2,1H3,(H,25,26)(H,20,21,24)/t10-,15+/m0/s1. The lowest BCUT2D eigenvalue weighted by molar-refractivity contribution is -0.0532. The van der Waals surface area contributed by atoms with E-state index in [1.165, 1.54) is 11.2 Å². The third-order valence-corrected chi connectivity index (χ3v) is 5.07. The highest BCUT2D eigenvalue weighted by Gasteiger charge is 2.33. The number of hydrogen-bond acceptors (Lipinski definition) is 4. The van der Waals surface area contributed by atoms with Gasteiger partial charge in [0.1, 0.15) is 5.15 Å². The number of morpholine rings is 1. The minimum Gasteiger partial charge on any atom is -0.465 e. The van der Waals surface area contributed by atoms with Gasteiger partial charge in [0.15, 0.2) is 5.65 Å². The van der Waals surface area contributed by atoms with E-state index in [1.54, 1.807) is 10.6 Å². The molecule has 0 aliphatic carbocycles. The molecule has 0 spiro atoms. The summed E-state index contributed by atoms with van der Waals surface area (Å²) in [6.45, 7) is 2.57. The Kier molecular flexibility index (Phi) is 4.37. The van der Waals surface area contributed by atoms with Gasteiger partial charge in [0, 0.05) is 12.2 Å². The molecular formula is C18H17ClN4O4. The number of halogens is 1. The molecule has 3 aromatic rings. The maximum absolute atomic E-state index is 11.9. The third-order valence-electron chi connectivity index (χ3n) is 4.79. The molecule has 1 aromatic carbocycles. The topological polar surface area (TPSA) is 100 Å². The number of benzene rings is 1. The van der Waals surface area contributed by atoms with Gasteiger partial charge in [-0.1, -0.05) is 23.7 Å². The lowest BCUT2D eigenvalue weighted by atomic mass is 9.99. The smallest absolute Gasteiger partial charge is 0.407 e. The first kappa shape index (κ1) is 17.6. The number of hydrogen-bond donors (Lipinski definition) is 2. The fourth-order valence-corrected chi connectivity index (χ4v) is 3.83. The molecule has 2 aromatic heterocycles. The molecule has 0 unspecified atom stereocenters. The van der Waals surface area contributed by atoms with Crippen molar-refractivity contribution in [1.29, 1.82) is 0 Å². The van der Waals surface area contributed by atoms with Crippen LogP contribution in [0.2, 0.25) is 5.15 Å². The highest BCUT2D eigenvalue weighted by molar-refractivity contribution is 6.31. The van der Waals surface area contributed by atoms with E-state index >= 15 is 0 Å². The molecule has 9 heteroatoms. The normalized spacial score (nSPS) is 20.1. The predicted molar refractivity (Wildman–Crippen MR) is 99.6 cm³/mol. The SMILES string of the molecule is C[C@@H]1OCCN(C(=O)O)[C@H]1c1ccc(-n2c(Cl)cc3c(=O)[nH]cnc32)cc1. The molecule has 0 bridgehead atoms. The lowest BCUT2D eigenvalue weighted by Crippen LogP contribution is -2.46. The van der Waals surface area contributed by atoms with E-state index in [0.717, 1.165) is 11.3 Å². The fraction of sp³-hybridized carbons (Fsp3) is 0.278. The lowest BCUT2D eigenvalue weighted by Gasteiger charge is -2.38. The first-order valence-electron chi connectivity index (χ1n) is 8.43. The molecule has 0 radical (unpaired) electrons. The highest BCUT2D eigenvalue weighted by Crippen LogP contribution is 2.31. The van der Waals surface area contributed by atoms with Crippen LogP contribution in [0.15, 0.2) is 41.5 Å². The molecule has 140 valence electrons.